The van der Waals surface area contributed by atoms with E-state index in [9.17, 15) is 4.79 Å². The first-order chi connectivity index (χ1) is 8.77. The Morgan fingerprint density at radius 2 is 2.28 bits per heavy atom. The minimum atomic E-state index is -0.520. The molecule has 0 spiro atoms. The summed E-state index contributed by atoms with van der Waals surface area (Å²) in [4.78, 5) is 13.4. The SMILES string of the molecule is NCC1(C(=O)OCCc2cccs2)CCOCC1. The normalized spacial score (nSPS) is 18.5. The summed E-state index contributed by atoms with van der Waals surface area (Å²) in [5.41, 5.74) is 5.23. The number of nitrogens with two attached hydrogens (primary N) is 1. The molecule has 2 heterocycles. The third-order valence-corrected chi connectivity index (χ3v) is 4.37. The van der Waals surface area contributed by atoms with Crippen molar-refractivity contribution in [2.75, 3.05) is 26.4 Å². The van der Waals surface area contributed by atoms with Crippen LogP contribution in [0, 0.1) is 5.41 Å². The lowest BCUT2D eigenvalue weighted by molar-refractivity contribution is -0.160. The van der Waals surface area contributed by atoms with Gasteiger partial charge < -0.3 is 15.2 Å². The molecule has 1 saturated heterocycles. The molecule has 100 valence electrons. The molecule has 18 heavy (non-hydrogen) atoms. The van der Waals surface area contributed by atoms with Gasteiger partial charge in [0.15, 0.2) is 0 Å². The van der Waals surface area contributed by atoms with E-state index < -0.39 is 5.41 Å². The van der Waals surface area contributed by atoms with Crippen LogP contribution in [0.25, 0.3) is 0 Å². The van der Waals surface area contributed by atoms with Gasteiger partial charge in [0, 0.05) is 31.1 Å². The monoisotopic (exact) mass is 269 g/mol. The first-order valence-electron chi connectivity index (χ1n) is 6.24. The van der Waals surface area contributed by atoms with Crippen molar-refractivity contribution in [1.29, 1.82) is 0 Å². The highest BCUT2D eigenvalue weighted by Gasteiger charge is 2.40. The molecule has 1 aliphatic rings. The van der Waals surface area contributed by atoms with Gasteiger partial charge in [-0.25, -0.2) is 0 Å². The number of hydrogen-bond donors (Lipinski definition) is 1. The van der Waals surface area contributed by atoms with Gasteiger partial charge in [-0.3, -0.25) is 4.79 Å². The Morgan fingerprint density at radius 3 is 2.89 bits per heavy atom. The predicted molar refractivity (Wildman–Crippen MR) is 70.5 cm³/mol. The van der Waals surface area contributed by atoms with Crippen molar-refractivity contribution in [3.8, 4) is 0 Å². The summed E-state index contributed by atoms with van der Waals surface area (Å²) in [6, 6.07) is 4.05. The van der Waals surface area contributed by atoms with E-state index >= 15 is 0 Å². The highest BCUT2D eigenvalue weighted by molar-refractivity contribution is 7.09. The molecule has 1 fully saturated rings. The summed E-state index contributed by atoms with van der Waals surface area (Å²) in [6.07, 6.45) is 2.11. The van der Waals surface area contributed by atoms with Crippen molar-refractivity contribution in [3.63, 3.8) is 0 Å². The highest BCUT2D eigenvalue weighted by Crippen LogP contribution is 2.30. The van der Waals surface area contributed by atoms with Crippen molar-refractivity contribution in [3.05, 3.63) is 22.4 Å². The van der Waals surface area contributed by atoms with E-state index in [1.807, 2.05) is 17.5 Å². The maximum absolute atomic E-state index is 12.1. The Balaban J connectivity index is 1.82. The molecular weight excluding hydrogens is 250 g/mol. The summed E-state index contributed by atoms with van der Waals surface area (Å²) in [6.45, 7) is 1.96. The number of carbonyl (C=O) groups is 1. The number of thiophene rings is 1. The number of hydrogen-bond acceptors (Lipinski definition) is 5. The number of rotatable bonds is 5. The highest BCUT2D eigenvalue weighted by atomic mass is 32.1. The number of esters is 1. The van der Waals surface area contributed by atoms with Gasteiger partial charge in [-0.1, -0.05) is 6.07 Å². The molecule has 2 N–H and O–H groups in total. The lowest BCUT2D eigenvalue weighted by atomic mass is 9.80. The molecule has 1 aromatic rings. The van der Waals surface area contributed by atoms with Crippen LogP contribution in [0.3, 0.4) is 0 Å². The van der Waals surface area contributed by atoms with Crippen LogP contribution in [0.15, 0.2) is 17.5 Å². The first kappa shape index (κ1) is 13.5. The smallest absolute Gasteiger partial charge is 0.313 e. The quantitative estimate of drug-likeness (QED) is 0.825. The second-order valence-corrected chi connectivity index (χ2v) is 5.59. The van der Waals surface area contributed by atoms with Crippen LogP contribution < -0.4 is 5.73 Å². The average Bonchev–Trinajstić information content (AvgIpc) is 2.92. The summed E-state index contributed by atoms with van der Waals surface area (Å²) in [5.74, 6) is -0.162. The van der Waals surface area contributed by atoms with E-state index in [0.717, 1.165) is 6.42 Å². The number of ether oxygens (including phenoxy) is 2. The van der Waals surface area contributed by atoms with Gasteiger partial charge >= 0.3 is 5.97 Å². The molecule has 4 nitrogen and oxygen atoms in total. The molecule has 1 aliphatic heterocycles. The molecule has 0 aliphatic carbocycles. The lowest BCUT2D eigenvalue weighted by Crippen LogP contribution is -2.44. The molecule has 1 aromatic heterocycles. The molecule has 2 rings (SSSR count). The Hall–Kier alpha value is -0.910. The third-order valence-electron chi connectivity index (χ3n) is 3.44. The molecule has 0 atom stereocenters. The number of carbonyl (C=O) groups excluding carboxylic acids is 1. The minimum absolute atomic E-state index is 0.162. The van der Waals surface area contributed by atoms with Crippen molar-refractivity contribution in [2.24, 2.45) is 11.1 Å². The molecule has 0 radical (unpaired) electrons. The Bertz CT molecular complexity index is 372. The van der Waals surface area contributed by atoms with Crippen molar-refractivity contribution < 1.29 is 14.3 Å². The van der Waals surface area contributed by atoms with Gasteiger partial charge in [0.25, 0.3) is 0 Å². The maximum atomic E-state index is 12.1. The van der Waals surface area contributed by atoms with E-state index in [2.05, 4.69) is 0 Å². The zero-order valence-corrected chi connectivity index (χ0v) is 11.2. The minimum Gasteiger partial charge on any atom is -0.465 e. The van der Waals surface area contributed by atoms with Crippen LogP contribution in [0.2, 0.25) is 0 Å². The second-order valence-electron chi connectivity index (χ2n) is 4.56. The molecule has 5 heteroatoms. The molecule has 0 saturated carbocycles. The van der Waals surface area contributed by atoms with Crippen LogP contribution in [-0.4, -0.2) is 32.3 Å². The zero-order valence-electron chi connectivity index (χ0n) is 10.4. The predicted octanol–water partition coefficient (Wildman–Crippen LogP) is 1.59. The largest absolute Gasteiger partial charge is 0.465 e. The molecule has 0 bridgehead atoms. The van der Waals surface area contributed by atoms with Gasteiger partial charge in [-0.2, -0.15) is 0 Å². The zero-order chi connectivity index (χ0) is 12.8. The van der Waals surface area contributed by atoms with Gasteiger partial charge in [-0.05, 0) is 24.3 Å². The van der Waals surface area contributed by atoms with Crippen LogP contribution in [-0.2, 0) is 20.7 Å². The second kappa shape index (κ2) is 6.31. The Morgan fingerprint density at radius 1 is 1.50 bits per heavy atom. The maximum Gasteiger partial charge on any atom is 0.313 e. The summed E-state index contributed by atoms with van der Waals surface area (Å²) in [7, 11) is 0. The van der Waals surface area contributed by atoms with Gasteiger partial charge in [0.05, 0.1) is 12.0 Å². The van der Waals surface area contributed by atoms with Crippen LogP contribution in [0.5, 0.6) is 0 Å². The standard InChI is InChI=1S/C13H19NO3S/c14-10-13(4-7-16-8-5-13)12(15)17-6-3-11-2-1-9-18-11/h1-2,9H,3-8,10,14H2. The third kappa shape index (κ3) is 3.10. The van der Waals surface area contributed by atoms with Crippen LogP contribution >= 0.6 is 11.3 Å². The van der Waals surface area contributed by atoms with Gasteiger partial charge in [0.2, 0.25) is 0 Å². The van der Waals surface area contributed by atoms with Gasteiger partial charge in [-0.15, -0.1) is 11.3 Å². The summed E-state index contributed by atoms with van der Waals surface area (Å²) >= 11 is 1.68. The molecule has 0 amide bonds. The average molecular weight is 269 g/mol. The van der Waals surface area contributed by atoms with Crippen LogP contribution in [0.4, 0.5) is 0 Å². The molecular formula is C13H19NO3S. The van der Waals surface area contributed by atoms with E-state index in [1.54, 1.807) is 11.3 Å². The van der Waals surface area contributed by atoms with E-state index in [1.165, 1.54) is 4.88 Å². The fraction of sp³-hybridized carbons (Fsp3) is 0.615. The fourth-order valence-corrected chi connectivity index (χ4v) is 2.80. The first-order valence-corrected chi connectivity index (χ1v) is 7.12. The summed E-state index contributed by atoms with van der Waals surface area (Å²) < 4.78 is 10.7. The summed E-state index contributed by atoms with van der Waals surface area (Å²) in [5, 5.41) is 2.02. The lowest BCUT2D eigenvalue weighted by Gasteiger charge is -2.33. The molecule has 0 aromatic carbocycles. The molecule has 0 unspecified atom stereocenters. The van der Waals surface area contributed by atoms with E-state index in [-0.39, 0.29) is 5.97 Å². The fourth-order valence-electron chi connectivity index (χ4n) is 2.11. The Kier molecular flexibility index (Phi) is 4.74. The van der Waals surface area contributed by atoms with Crippen molar-refractivity contribution in [2.45, 2.75) is 19.3 Å². The van der Waals surface area contributed by atoms with Gasteiger partial charge in [0.1, 0.15) is 0 Å². The Labute approximate surface area is 111 Å². The van der Waals surface area contributed by atoms with Crippen molar-refractivity contribution >= 4 is 17.3 Å². The topological polar surface area (TPSA) is 61.6 Å². The van der Waals surface area contributed by atoms with E-state index in [4.69, 9.17) is 15.2 Å². The van der Waals surface area contributed by atoms with E-state index in [0.29, 0.717) is 39.2 Å². The van der Waals surface area contributed by atoms with Crippen molar-refractivity contribution in [1.82, 2.24) is 0 Å². The van der Waals surface area contributed by atoms with Crippen LogP contribution in [0.1, 0.15) is 17.7 Å².